The molecule has 1 unspecified atom stereocenters. The van der Waals surface area contributed by atoms with Gasteiger partial charge in [-0.2, -0.15) is 0 Å². The zero-order valence-electron chi connectivity index (χ0n) is 9.46. The van der Waals surface area contributed by atoms with Crippen molar-refractivity contribution in [1.82, 2.24) is 4.98 Å². The lowest BCUT2D eigenvalue weighted by Gasteiger charge is -2.11. The van der Waals surface area contributed by atoms with Crippen LogP contribution in [0.25, 0.3) is 0 Å². The lowest BCUT2D eigenvalue weighted by molar-refractivity contribution is 0.0682. The van der Waals surface area contributed by atoms with E-state index in [9.17, 15) is 4.79 Å². The number of nitrogens with zero attached hydrogens (tertiary/aromatic N) is 1. The van der Waals surface area contributed by atoms with Crippen LogP contribution in [0.15, 0.2) is 18.3 Å². The molecule has 92 valence electrons. The molecule has 17 heavy (non-hydrogen) atoms. The average Bonchev–Trinajstić information content (AvgIpc) is 2.82. The summed E-state index contributed by atoms with van der Waals surface area (Å²) >= 11 is 0. The number of pyridine rings is 1. The Balaban J connectivity index is 1.87. The quantitative estimate of drug-likeness (QED) is 0.844. The van der Waals surface area contributed by atoms with Crippen LogP contribution in [0.4, 0.5) is 0 Å². The number of carbonyl (C=O) groups is 1. The first-order chi connectivity index (χ1) is 8.27. The van der Waals surface area contributed by atoms with E-state index in [0.29, 0.717) is 12.4 Å². The van der Waals surface area contributed by atoms with Crippen LogP contribution in [0, 0.1) is 0 Å². The van der Waals surface area contributed by atoms with Crippen LogP contribution in [0.5, 0.6) is 5.75 Å². The minimum Gasteiger partial charge on any atom is -0.491 e. The fourth-order valence-electron chi connectivity index (χ4n) is 1.84. The molecular weight excluding hydrogens is 222 g/mol. The number of aromatic nitrogens is 1. The molecule has 1 aliphatic heterocycles. The third-order valence-electron chi connectivity index (χ3n) is 2.69. The molecule has 5 nitrogen and oxygen atoms in total. The first-order valence-corrected chi connectivity index (χ1v) is 5.70. The van der Waals surface area contributed by atoms with E-state index in [1.165, 1.54) is 6.20 Å². The molecule has 0 radical (unpaired) electrons. The molecule has 5 heteroatoms. The molecule has 1 fully saturated rings. The molecule has 2 heterocycles. The van der Waals surface area contributed by atoms with Crippen molar-refractivity contribution < 1.29 is 19.4 Å². The van der Waals surface area contributed by atoms with Gasteiger partial charge in [0.15, 0.2) is 11.4 Å². The van der Waals surface area contributed by atoms with Gasteiger partial charge in [0.05, 0.1) is 12.7 Å². The number of ether oxygens (including phenoxy) is 2. The Hall–Kier alpha value is -1.62. The minimum absolute atomic E-state index is 0.0418. The van der Waals surface area contributed by atoms with Crippen molar-refractivity contribution in [3.63, 3.8) is 0 Å². The van der Waals surface area contributed by atoms with E-state index in [2.05, 4.69) is 4.98 Å². The molecule has 0 aromatic carbocycles. The number of carboxylic acid groups (broad SMARTS) is 1. The molecule has 0 amide bonds. The van der Waals surface area contributed by atoms with E-state index in [1.54, 1.807) is 12.1 Å². The van der Waals surface area contributed by atoms with Gasteiger partial charge in [-0.1, -0.05) is 0 Å². The van der Waals surface area contributed by atoms with Crippen LogP contribution in [0.1, 0.15) is 29.8 Å². The summed E-state index contributed by atoms with van der Waals surface area (Å²) in [5.41, 5.74) is -0.0418. The Morgan fingerprint density at radius 3 is 3.24 bits per heavy atom. The highest BCUT2D eigenvalue weighted by Gasteiger charge is 2.16. The van der Waals surface area contributed by atoms with Crippen LogP contribution in [0.3, 0.4) is 0 Å². The maximum atomic E-state index is 10.9. The summed E-state index contributed by atoms with van der Waals surface area (Å²) in [5.74, 6) is -0.754. The molecular formula is C12H15NO4. The third kappa shape index (κ3) is 3.17. The molecule has 1 aromatic heterocycles. The zero-order valence-corrected chi connectivity index (χ0v) is 9.46. The lowest BCUT2D eigenvalue weighted by Crippen LogP contribution is -2.12. The molecule has 1 N–H and O–H groups in total. The average molecular weight is 237 g/mol. The van der Waals surface area contributed by atoms with Gasteiger partial charge in [0.25, 0.3) is 0 Å². The van der Waals surface area contributed by atoms with Gasteiger partial charge in [0.2, 0.25) is 0 Å². The third-order valence-corrected chi connectivity index (χ3v) is 2.69. The second-order valence-electron chi connectivity index (χ2n) is 3.93. The summed E-state index contributed by atoms with van der Waals surface area (Å²) in [6.07, 6.45) is 4.63. The largest absolute Gasteiger partial charge is 0.491 e. The van der Waals surface area contributed by atoms with Gasteiger partial charge in [-0.25, -0.2) is 9.78 Å². The monoisotopic (exact) mass is 237 g/mol. The fourth-order valence-corrected chi connectivity index (χ4v) is 1.84. The molecule has 0 saturated carbocycles. The van der Waals surface area contributed by atoms with E-state index in [0.717, 1.165) is 25.9 Å². The number of carboxylic acids is 1. The molecule has 0 bridgehead atoms. The number of hydrogen-bond donors (Lipinski definition) is 1. The van der Waals surface area contributed by atoms with E-state index in [1.807, 2.05) is 0 Å². The summed E-state index contributed by atoms with van der Waals surface area (Å²) in [7, 11) is 0. The van der Waals surface area contributed by atoms with Crippen molar-refractivity contribution in [1.29, 1.82) is 0 Å². The highest BCUT2D eigenvalue weighted by atomic mass is 16.5. The summed E-state index contributed by atoms with van der Waals surface area (Å²) < 4.78 is 10.9. The predicted molar refractivity (Wildman–Crippen MR) is 60.3 cm³/mol. The smallest absolute Gasteiger partial charge is 0.358 e. The number of rotatable bonds is 5. The van der Waals surface area contributed by atoms with Crippen molar-refractivity contribution in [2.45, 2.75) is 25.4 Å². The van der Waals surface area contributed by atoms with Crippen LogP contribution >= 0.6 is 0 Å². The summed E-state index contributed by atoms with van der Waals surface area (Å²) in [6.45, 7) is 1.27. The molecule has 1 saturated heterocycles. The maximum Gasteiger partial charge on any atom is 0.358 e. The standard InChI is InChI=1S/C12H15NO4/c14-12(15)11-10(4-1-6-13-11)17-8-5-9-3-2-7-16-9/h1,4,6,9H,2-3,5,7-8H2,(H,14,15). The van der Waals surface area contributed by atoms with Gasteiger partial charge in [-0.15, -0.1) is 0 Å². The van der Waals surface area contributed by atoms with Crippen molar-refractivity contribution >= 4 is 5.97 Å². The maximum absolute atomic E-state index is 10.9. The van der Waals surface area contributed by atoms with Gasteiger partial charge < -0.3 is 14.6 Å². The van der Waals surface area contributed by atoms with Crippen molar-refractivity contribution in [2.24, 2.45) is 0 Å². The molecule has 0 aliphatic carbocycles. The van der Waals surface area contributed by atoms with Crippen LogP contribution in [-0.2, 0) is 4.74 Å². The summed E-state index contributed by atoms with van der Waals surface area (Å²) in [4.78, 5) is 14.6. The van der Waals surface area contributed by atoms with Crippen molar-refractivity contribution in [3.05, 3.63) is 24.0 Å². The Kier molecular flexibility index (Phi) is 3.93. The van der Waals surface area contributed by atoms with Gasteiger partial charge in [0.1, 0.15) is 0 Å². The molecule has 1 aromatic rings. The first-order valence-electron chi connectivity index (χ1n) is 5.70. The lowest BCUT2D eigenvalue weighted by atomic mass is 10.2. The van der Waals surface area contributed by atoms with Gasteiger partial charge in [-0.3, -0.25) is 0 Å². The second-order valence-corrected chi connectivity index (χ2v) is 3.93. The van der Waals surface area contributed by atoms with E-state index >= 15 is 0 Å². The van der Waals surface area contributed by atoms with Crippen LogP contribution in [-0.4, -0.2) is 35.4 Å². The summed E-state index contributed by atoms with van der Waals surface area (Å²) in [6, 6.07) is 3.28. The van der Waals surface area contributed by atoms with Gasteiger partial charge >= 0.3 is 5.97 Å². The van der Waals surface area contributed by atoms with E-state index in [-0.39, 0.29) is 11.8 Å². The topological polar surface area (TPSA) is 68.7 Å². The summed E-state index contributed by atoms with van der Waals surface area (Å²) in [5, 5.41) is 8.91. The highest BCUT2D eigenvalue weighted by molar-refractivity contribution is 5.88. The Morgan fingerprint density at radius 1 is 1.65 bits per heavy atom. The Labute approximate surface area is 99.4 Å². The van der Waals surface area contributed by atoms with Crippen LogP contribution < -0.4 is 4.74 Å². The predicted octanol–water partition coefficient (Wildman–Crippen LogP) is 1.73. The minimum atomic E-state index is -1.07. The second kappa shape index (κ2) is 5.63. The van der Waals surface area contributed by atoms with Crippen molar-refractivity contribution in [2.75, 3.05) is 13.2 Å². The normalized spacial score (nSPS) is 19.2. The van der Waals surface area contributed by atoms with Gasteiger partial charge in [0, 0.05) is 19.2 Å². The first kappa shape index (κ1) is 11.9. The zero-order chi connectivity index (χ0) is 12.1. The molecule has 2 rings (SSSR count). The molecule has 0 spiro atoms. The highest BCUT2D eigenvalue weighted by Crippen LogP contribution is 2.18. The van der Waals surface area contributed by atoms with Gasteiger partial charge in [-0.05, 0) is 25.0 Å². The number of hydrogen-bond acceptors (Lipinski definition) is 4. The van der Waals surface area contributed by atoms with E-state index < -0.39 is 5.97 Å². The fraction of sp³-hybridized carbons (Fsp3) is 0.500. The molecule has 1 aliphatic rings. The Bertz CT molecular complexity index is 388. The Morgan fingerprint density at radius 2 is 2.53 bits per heavy atom. The molecule has 1 atom stereocenters. The number of aromatic carboxylic acids is 1. The van der Waals surface area contributed by atoms with E-state index in [4.69, 9.17) is 14.6 Å². The van der Waals surface area contributed by atoms with Crippen molar-refractivity contribution in [3.8, 4) is 5.75 Å². The SMILES string of the molecule is O=C(O)c1ncccc1OCCC1CCCO1. The van der Waals surface area contributed by atoms with Crippen LogP contribution in [0.2, 0.25) is 0 Å².